The quantitative estimate of drug-likeness (QED) is 0.229. The van der Waals surface area contributed by atoms with Crippen LogP contribution in [-0.2, 0) is 4.79 Å². The number of benzene rings is 3. The van der Waals surface area contributed by atoms with E-state index in [9.17, 15) is 9.59 Å². The van der Waals surface area contributed by atoms with Crippen LogP contribution >= 0.6 is 0 Å². The van der Waals surface area contributed by atoms with Gasteiger partial charge < -0.3 is 15.8 Å². The van der Waals surface area contributed by atoms with Gasteiger partial charge in [-0.2, -0.15) is 0 Å². The molecule has 2 aromatic heterocycles. The van der Waals surface area contributed by atoms with Gasteiger partial charge in [-0.1, -0.05) is 30.8 Å². The predicted molar refractivity (Wildman–Crippen MR) is 148 cm³/mol. The van der Waals surface area contributed by atoms with Gasteiger partial charge in [0.25, 0.3) is 0 Å². The normalized spacial score (nSPS) is 10.7. The first-order valence-electron chi connectivity index (χ1n) is 11.7. The first-order valence-corrected chi connectivity index (χ1v) is 11.7. The molecule has 38 heavy (non-hydrogen) atoms. The van der Waals surface area contributed by atoms with E-state index in [0.29, 0.717) is 28.2 Å². The zero-order valence-electron chi connectivity index (χ0n) is 20.5. The number of nitrogen functional groups attached to an aromatic ring is 1. The fourth-order valence-corrected chi connectivity index (χ4v) is 4.21. The van der Waals surface area contributed by atoms with Crippen LogP contribution in [0.5, 0.6) is 5.75 Å². The summed E-state index contributed by atoms with van der Waals surface area (Å²) in [5, 5.41) is 3.55. The summed E-state index contributed by atoms with van der Waals surface area (Å²) in [7, 11) is 1.56. The number of hydrogen-bond acceptors (Lipinski definition) is 7. The number of nitrogens with zero attached hydrogens (tertiary/aromatic N) is 3. The molecular formula is C30H23N5O3. The third kappa shape index (κ3) is 4.83. The third-order valence-corrected chi connectivity index (χ3v) is 6.00. The van der Waals surface area contributed by atoms with Gasteiger partial charge in [0.05, 0.1) is 12.6 Å². The molecule has 0 fully saturated rings. The zero-order valence-corrected chi connectivity index (χ0v) is 20.5. The van der Waals surface area contributed by atoms with Crippen molar-refractivity contribution < 1.29 is 14.3 Å². The van der Waals surface area contributed by atoms with Crippen LogP contribution in [0, 0.1) is 0 Å². The number of ketones is 1. The van der Waals surface area contributed by atoms with Crippen molar-refractivity contribution in [3.63, 3.8) is 0 Å². The Labute approximate surface area is 218 Å². The van der Waals surface area contributed by atoms with E-state index in [4.69, 9.17) is 10.5 Å². The highest BCUT2D eigenvalue weighted by atomic mass is 16.5. The lowest BCUT2D eigenvalue weighted by molar-refractivity contribution is -0.111. The molecule has 186 valence electrons. The minimum Gasteiger partial charge on any atom is -0.496 e. The number of pyridine rings is 1. The van der Waals surface area contributed by atoms with Crippen molar-refractivity contribution in [3.05, 3.63) is 109 Å². The van der Waals surface area contributed by atoms with Crippen LogP contribution in [0.1, 0.15) is 16.1 Å². The van der Waals surface area contributed by atoms with E-state index in [1.165, 1.54) is 6.08 Å². The van der Waals surface area contributed by atoms with Crippen molar-refractivity contribution >= 4 is 34.2 Å². The number of aromatic nitrogens is 3. The van der Waals surface area contributed by atoms with Crippen LogP contribution in [0.25, 0.3) is 33.2 Å². The van der Waals surface area contributed by atoms with Crippen molar-refractivity contribution in [1.29, 1.82) is 0 Å². The maximum absolute atomic E-state index is 13.0. The maximum atomic E-state index is 13.0. The lowest BCUT2D eigenvalue weighted by atomic mass is 9.94. The average molecular weight is 502 g/mol. The molecule has 8 heteroatoms. The summed E-state index contributed by atoms with van der Waals surface area (Å²) in [5.74, 6) is 0.173. The Morgan fingerprint density at radius 3 is 2.58 bits per heavy atom. The highest BCUT2D eigenvalue weighted by Gasteiger charge is 2.17. The van der Waals surface area contributed by atoms with Crippen molar-refractivity contribution in [3.8, 4) is 28.0 Å². The minimum atomic E-state index is -0.308. The molecule has 3 N–H and O–H groups in total. The van der Waals surface area contributed by atoms with Crippen LogP contribution in [0.2, 0.25) is 0 Å². The van der Waals surface area contributed by atoms with Crippen molar-refractivity contribution in [2.45, 2.75) is 0 Å². The second-order valence-electron chi connectivity index (χ2n) is 8.42. The predicted octanol–water partition coefficient (Wildman–Crippen LogP) is 5.31. The van der Waals surface area contributed by atoms with Crippen molar-refractivity contribution in [1.82, 2.24) is 15.0 Å². The van der Waals surface area contributed by atoms with Gasteiger partial charge in [-0.15, -0.1) is 0 Å². The van der Waals surface area contributed by atoms with Crippen LogP contribution < -0.4 is 15.8 Å². The molecule has 5 rings (SSSR count). The first kappa shape index (κ1) is 24.3. The van der Waals surface area contributed by atoms with E-state index in [1.807, 2.05) is 36.4 Å². The molecule has 0 unspecified atom stereocenters. The van der Waals surface area contributed by atoms with Crippen LogP contribution in [0.4, 0.5) is 11.6 Å². The van der Waals surface area contributed by atoms with E-state index >= 15 is 0 Å². The van der Waals surface area contributed by atoms with Gasteiger partial charge in [0.15, 0.2) is 0 Å². The average Bonchev–Trinajstić information content (AvgIpc) is 2.96. The second-order valence-corrected chi connectivity index (χ2v) is 8.42. The number of carbonyl (C=O) groups is 2. The fraction of sp³-hybridized carbons (Fsp3) is 0.0333. The summed E-state index contributed by atoms with van der Waals surface area (Å²) in [5.41, 5.74) is 11.2. The number of hydrogen-bond donors (Lipinski definition) is 2. The van der Waals surface area contributed by atoms with Crippen molar-refractivity contribution in [2.24, 2.45) is 0 Å². The number of methoxy groups -OCH3 is 1. The van der Waals surface area contributed by atoms with Crippen LogP contribution in [0.3, 0.4) is 0 Å². The highest BCUT2D eigenvalue weighted by molar-refractivity contribution is 6.08. The summed E-state index contributed by atoms with van der Waals surface area (Å²) in [6.45, 7) is 3.50. The largest absolute Gasteiger partial charge is 0.496 e. The Morgan fingerprint density at radius 1 is 0.947 bits per heavy atom. The number of nitrogens with two attached hydrogens (primary N) is 1. The molecule has 0 bridgehead atoms. The Bertz CT molecular complexity index is 1700. The van der Waals surface area contributed by atoms with Gasteiger partial charge in [0.1, 0.15) is 11.4 Å². The topological polar surface area (TPSA) is 120 Å². The van der Waals surface area contributed by atoms with Gasteiger partial charge in [0, 0.05) is 40.2 Å². The van der Waals surface area contributed by atoms with Gasteiger partial charge in [-0.05, 0) is 65.7 Å². The molecule has 0 spiro atoms. The summed E-state index contributed by atoms with van der Waals surface area (Å²) < 4.78 is 5.70. The number of carbonyl (C=O) groups excluding carboxylic acids is 2. The lowest BCUT2D eigenvalue weighted by Crippen LogP contribution is -2.07. The number of anilines is 2. The maximum Gasteiger partial charge on any atom is 0.247 e. The SMILES string of the molecule is C=CC(=O)Nc1cccc(-c2cc(-c3ccc(C(=O)c4ccccn4)cc3OC)cc3cnc(N)nc23)c1. The third-order valence-electron chi connectivity index (χ3n) is 6.00. The smallest absolute Gasteiger partial charge is 0.247 e. The van der Waals surface area contributed by atoms with E-state index < -0.39 is 0 Å². The Hall–Kier alpha value is -5.37. The summed E-state index contributed by atoms with van der Waals surface area (Å²) >= 11 is 0. The van der Waals surface area contributed by atoms with E-state index in [1.54, 1.807) is 55.9 Å². The monoisotopic (exact) mass is 501 g/mol. The van der Waals surface area contributed by atoms with Gasteiger partial charge in [-0.25, -0.2) is 9.97 Å². The lowest BCUT2D eigenvalue weighted by Gasteiger charge is -2.15. The molecule has 0 aliphatic carbocycles. The summed E-state index contributed by atoms with van der Waals surface area (Å²) in [6.07, 6.45) is 4.46. The molecule has 2 heterocycles. The number of rotatable bonds is 7. The van der Waals surface area contributed by atoms with Crippen LogP contribution in [0.15, 0.2) is 97.8 Å². The number of nitrogens with one attached hydrogen (secondary N) is 1. The highest BCUT2D eigenvalue weighted by Crippen LogP contribution is 2.38. The molecule has 3 aromatic carbocycles. The molecule has 0 saturated heterocycles. The molecule has 0 aliphatic rings. The molecule has 0 atom stereocenters. The molecule has 5 aromatic rings. The van der Waals surface area contributed by atoms with E-state index in [0.717, 1.165) is 27.6 Å². The zero-order chi connectivity index (χ0) is 26.6. The first-order chi connectivity index (χ1) is 18.5. The fourth-order valence-electron chi connectivity index (χ4n) is 4.21. The van der Waals surface area contributed by atoms with Gasteiger partial charge >= 0.3 is 0 Å². The Kier molecular flexibility index (Phi) is 6.61. The molecular weight excluding hydrogens is 478 g/mol. The van der Waals surface area contributed by atoms with Crippen molar-refractivity contribution in [2.75, 3.05) is 18.2 Å². The summed E-state index contributed by atoms with van der Waals surface area (Å²) in [6, 6.07) is 21.8. The van der Waals surface area contributed by atoms with Crippen LogP contribution in [-0.4, -0.2) is 33.8 Å². The van der Waals surface area contributed by atoms with E-state index in [-0.39, 0.29) is 17.6 Å². The molecule has 0 radical (unpaired) electrons. The number of ether oxygens (including phenoxy) is 1. The van der Waals surface area contributed by atoms with Gasteiger partial charge in [0.2, 0.25) is 17.6 Å². The molecule has 1 amide bonds. The van der Waals surface area contributed by atoms with E-state index in [2.05, 4.69) is 26.8 Å². The Morgan fingerprint density at radius 2 is 1.82 bits per heavy atom. The molecule has 0 saturated carbocycles. The summed E-state index contributed by atoms with van der Waals surface area (Å²) in [4.78, 5) is 37.6. The molecule has 8 nitrogen and oxygen atoms in total. The standard InChI is InChI=1S/C30H23N5O3/c1-3-27(36)34-22-8-6-7-18(14-22)24-15-20(13-21-17-33-30(31)35-28(21)24)23-11-10-19(16-26(23)38-2)29(37)25-9-4-5-12-32-25/h3-17H,1H2,2H3,(H,34,36)(H2,31,33,35). The minimum absolute atomic E-state index is 0.151. The van der Waals surface area contributed by atoms with Gasteiger partial charge in [-0.3, -0.25) is 14.6 Å². The Balaban J connectivity index is 1.64. The second kappa shape index (κ2) is 10.3. The number of fused-ring (bicyclic) bond motifs is 1. The molecule has 0 aliphatic heterocycles. The number of amides is 1.